The van der Waals surface area contributed by atoms with E-state index in [1.807, 2.05) is 6.07 Å². The summed E-state index contributed by atoms with van der Waals surface area (Å²) in [5.74, 6) is -0.0743. The Kier molecular flexibility index (Phi) is 3.95. The Morgan fingerprint density at radius 2 is 2.00 bits per heavy atom. The van der Waals surface area contributed by atoms with Crippen molar-refractivity contribution in [3.63, 3.8) is 0 Å². The summed E-state index contributed by atoms with van der Waals surface area (Å²) >= 11 is 0. The minimum absolute atomic E-state index is 0.0416. The van der Waals surface area contributed by atoms with Crippen LogP contribution in [0.15, 0.2) is 36.4 Å². The summed E-state index contributed by atoms with van der Waals surface area (Å²) < 4.78 is 10.7. The molecule has 2 aromatic rings. The van der Waals surface area contributed by atoms with E-state index in [1.165, 1.54) is 25.3 Å². The molecule has 6 nitrogen and oxygen atoms in total. The minimum atomic E-state index is -1.13. The molecular formula is C15H12N2O4. The van der Waals surface area contributed by atoms with Gasteiger partial charge in [0.1, 0.15) is 5.75 Å². The largest absolute Gasteiger partial charge is 0.493 e. The van der Waals surface area contributed by atoms with Gasteiger partial charge in [0.25, 0.3) is 0 Å². The number of rotatable bonds is 4. The van der Waals surface area contributed by atoms with Gasteiger partial charge < -0.3 is 20.3 Å². The molecule has 2 rings (SSSR count). The third kappa shape index (κ3) is 3.04. The predicted molar refractivity (Wildman–Crippen MR) is 75.6 cm³/mol. The number of nitrogens with two attached hydrogens (primary N) is 1. The molecule has 0 heterocycles. The van der Waals surface area contributed by atoms with Gasteiger partial charge >= 0.3 is 5.97 Å². The molecule has 0 spiro atoms. The van der Waals surface area contributed by atoms with E-state index in [4.69, 9.17) is 25.6 Å². The highest BCUT2D eigenvalue weighted by atomic mass is 16.5. The monoisotopic (exact) mass is 284 g/mol. The molecule has 2 aromatic carbocycles. The first-order valence-electron chi connectivity index (χ1n) is 5.94. The van der Waals surface area contributed by atoms with Gasteiger partial charge in [-0.05, 0) is 30.3 Å². The molecule has 0 aliphatic heterocycles. The van der Waals surface area contributed by atoms with Crippen molar-refractivity contribution in [2.24, 2.45) is 0 Å². The number of aromatic carboxylic acids is 1. The van der Waals surface area contributed by atoms with Gasteiger partial charge in [-0.1, -0.05) is 0 Å². The number of carboxylic acids is 1. The maximum atomic E-state index is 11.0. The Hall–Kier alpha value is -3.20. The second kappa shape index (κ2) is 5.84. The third-order valence-corrected chi connectivity index (χ3v) is 2.78. The van der Waals surface area contributed by atoms with Crippen molar-refractivity contribution in [1.82, 2.24) is 0 Å². The predicted octanol–water partition coefficient (Wildman–Crippen LogP) is 2.64. The van der Waals surface area contributed by atoms with Crippen LogP contribution in [0.3, 0.4) is 0 Å². The van der Waals surface area contributed by atoms with Crippen molar-refractivity contribution < 1.29 is 19.4 Å². The standard InChI is InChI=1S/C15H12N2O4/c1-20-14-6-9(8-16)2-5-13(14)21-10-3-4-12(17)11(7-10)15(18)19/h2-7H,17H2,1H3,(H,18,19). The summed E-state index contributed by atoms with van der Waals surface area (Å²) in [7, 11) is 1.45. The summed E-state index contributed by atoms with van der Waals surface area (Å²) in [4.78, 5) is 11.0. The van der Waals surface area contributed by atoms with Crippen LogP contribution in [0.5, 0.6) is 17.2 Å². The van der Waals surface area contributed by atoms with Crippen LogP contribution >= 0.6 is 0 Å². The zero-order chi connectivity index (χ0) is 15.4. The van der Waals surface area contributed by atoms with Crippen LogP contribution < -0.4 is 15.2 Å². The number of carbonyl (C=O) groups is 1. The van der Waals surface area contributed by atoms with Gasteiger partial charge in [-0.3, -0.25) is 0 Å². The molecule has 0 atom stereocenters. The number of benzene rings is 2. The second-order valence-corrected chi connectivity index (χ2v) is 4.13. The first kappa shape index (κ1) is 14.2. The number of methoxy groups -OCH3 is 1. The van der Waals surface area contributed by atoms with E-state index in [1.54, 1.807) is 18.2 Å². The lowest BCUT2D eigenvalue weighted by Crippen LogP contribution is -2.02. The molecule has 106 valence electrons. The summed E-state index contributed by atoms with van der Waals surface area (Å²) in [6, 6.07) is 11.0. The van der Waals surface area contributed by atoms with E-state index < -0.39 is 5.97 Å². The first-order chi connectivity index (χ1) is 10.0. The molecule has 0 amide bonds. The van der Waals surface area contributed by atoms with Gasteiger partial charge in [0.05, 0.1) is 24.3 Å². The van der Waals surface area contributed by atoms with Crippen LogP contribution in [-0.4, -0.2) is 18.2 Å². The fourth-order valence-corrected chi connectivity index (χ4v) is 1.73. The number of anilines is 1. The summed E-state index contributed by atoms with van der Waals surface area (Å²) in [5, 5.41) is 17.9. The molecule has 0 unspecified atom stereocenters. The SMILES string of the molecule is COc1cc(C#N)ccc1Oc1ccc(N)c(C(=O)O)c1. The van der Waals surface area contributed by atoms with Crippen LogP contribution in [0, 0.1) is 11.3 Å². The Morgan fingerprint density at radius 3 is 2.62 bits per heavy atom. The second-order valence-electron chi connectivity index (χ2n) is 4.13. The highest BCUT2D eigenvalue weighted by molar-refractivity contribution is 5.94. The van der Waals surface area contributed by atoms with Crippen LogP contribution in [0.4, 0.5) is 5.69 Å². The van der Waals surface area contributed by atoms with Gasteiger partial charge in [0, 0.05) is 11.8 Å². The van der Waals surface area contributed by atoms with Crippen molar-refractivity contribution in [3.8, 4) is 23.3 Å². The maximum Gasteiger partial charge on any atom is 0.337 e. The van der Waals surface area contributed by atoms with E-state index in [9.17, 15) is 4.79 Å². The van der Waals surface area contributed by atoms with Gasteiger partial charge in [-0.15, -0.1) is 0 Å². The molecule has 6 heteroatoms. The molecule has 0 saturated heterocycles. The fraction of sp³-hybridized carbons (Fsp3) is 0.0667. The summed E-state index contributed by atoms with van der Waals surface area (Å²) in [5.41, 5.74) is 6.13. The first-order valence-corrected chi connectivity index (χ1v) is 5.94. The van der Waals surface area contributed by atoms with Crippen molar-refractivity contribution >= 4 is 11.7 Å². The smallest absolute Gasteiger partial charge is 0.337 e. The molecule has 0 saturated carbocycles. The van der Waals surface area contributed by atoms with E-state index >= 15 is 0 Å². The van der Waals surface area contributed by atoms with Crippen LogP contribution in [0.2, 0.25) is 0 Å². The molecule has 0 aliphatic carbocycles. The number of nitriles is 1. The lowest BCUT2D eigenvalue weighted by Gasteiger charge is -2.11. The minimum Gasteiger partial charge on any atom is -0.493 e. The molecule has 3 N–H and O–H groups in total. The van der Waals surface area contributed by atoms with Crippen LogP contribution in [0.1, 0.15) is 15.9 Å². The number of carboxylic acid groups (broad SMARTS) is 1. The number of ether oxygens (including phenoxy) is 2. The Bertz CT molecular complexity index is 735. The topological polar surface area (TPSA) is 106 Å². The highest BCUT2D eigenvalue weighted by Crippen LogP contribution is 2.33. The molecule has 0 fully saturated rings. The maximum absolute atomic E-state index is 11.0. The molecular weight excluding hydrogens is 272 g/mol. The molecule has 0 aliphatic rings. The van der Waals surface area contributed by atoms with Crippen LogP contribution in [-0.2, 0) is 0 Å². The van der Waals surface area contributed by atoms with Crippen molar-refractivity contribution in [2.75, 3.05) is 12.8 Å². The Labute approximate surface area is 120 Å². The van der Waals surface area contributed by atoms with Crippen molar-refractivity contribution in [3.05, 3.63) is 47.5 Å². The average molecular weight is 284 g/mol. The van der Waals surface area contributed by atoms with Gasteiger partial charge in [0.15, 0.2) is 11.5 Å². The van der Waals surface area contributed by atoms with Gasteiger partial charge in [-0.25, -0.2) is 4.79 Å². The Morgan fingerprint density at radius 1 is 1.24 bits per heavy atom. The molecule has 21 heavy (non-hydrogen) atoms. The number of hydrogen-bond donors (Lipinski definition) is 2. The lowest BCUT2D eigenvalue weighted by atomic mass is 10.1. The van der Waals surface area contributed by atoms with Crippen molar-refractivity contribution in [2.45, 2.75) is 0 Å². The van der Waals surface area contributed by atoms with Gasteiger partial charge in [-0.2, -0.15) is 5.26 Å². The van der Waals surface area contributed by atoms with E-state index in [0.717, 1.165) is 0 Å². The Balaban J connectivity index is 2.37. The molecule has 0 bridgehead atoms. The fourth-order valence-electron chi connectivity index (χ4n) is 1.73. The van der Waals surface area contributed by atoms with Crippen molar-refractivity contribution in [1.29, 1.82) is 5.26 Å². The summed E-state index contributed by atoms with van der Waals surface area (Å²) in [6.07, 6.45) is 0. The molecule has 0 radical (unpaired) electrons. The normalized spacial score (nSPS) is 9.71. The molecule has 0 aromatic heterocycles. The van der Waals surface area contributed by atoms with Crippen LogP contribution in [0.25, 0.3) is 0 Å². The number of hydrogen-bond acceptors (Lipinski definition) is 5. The quantitative estimate of drug-likeness (QED) is 0.836. The summed E-state index contributed by atoms with van der Waals surface area (Å²) in [6.45, 7) is 0. The van der Waals surface area contributed by atoms with E-state index in [0.29, 0.717) is 22.8 Å². The number of nitrogens with zero attached hydrogens (tertiary/aromatic N) is 1. The third-order valence-electron chi connectivity index (χ3n) is 2.78. The average Bonchev–Trinajstić information content (AvgIpc) is 2.49. The zero-order valence-electron chi connectivity index (χ0n) is 11.2. The lowest BCUT2D eigenvalue weighted by molar-refractivity contribution is 0.0697. The van der Waals surface area contributed by atoms with Gasteiger partial charge in [0.2, 0.25) is 0 Å². The highest BCUT2D eigenvalue weighted by Gasteiger charge is 2.12. The zero-order valence-corrected chi connectivity index (χ0v) is 11.2. The van der Waals surface area contributed by atoms with E-state index in [-0.39, 0.29) is 11.3 Å². The number of nitrogen functional groups attached to an aromatic ring is 1. The van der Waals surface area contributed by atoms with E-state index in [2.05, 4.69) is 0 Å².